The molecule has 0 saturated heterocycles. The van der Waals surface area contributed by atoms with Crippen LogP contribution in [0.5, 0.6) is 0 Å². The fraction of sp³-hybridized carbons (Fsp3) is 0.0500. The van der Waals surface area contributed by atoms with E-state index in [1.54, 1.807) is 19.3 Å². The van der Waals surface area contributed by atoms with Crippen LogP contribution < -0.4 is 0 Å². The van der Waals surface area contributed by atoms with Crippen molar-refractivity contribution in [3.63, 3.8) is 0 Å². The number of benzene rings is 1. The Balaban J connectivity index is 0.00000140. The molecule has 4 rings (SSSR count). The van der Waals surface area contributed by atoms with Crippen LogP contribution in [-0.4, -0.2) is 18.0 Å². The van der Waals surface area contributed by atoms with E-state index in [0.717, 1.165) is 55.8 Å². The van der Waals surface area contributed by atoms with E-state index in [1.807, 2.05) is 48.5 Å². The van der Waals surface area contributed by atoms with Gasteiger partial charge in [-0.1, -0.05) is 0 Å². The number of fused-ring (bicyclic) bond motifs is 1. The van der Waals surface area contributed by atoms with E-state index >= 15 is 0 Å². The number of halogens is 2. The van der Waals surface area contributed by atoms with Crippen LogP contribution in [0.25, 0.3) is 11.1 Å². The summed E-state index contributed by atoms with van der Waals surface area (Å²) in [5.74, 6) is 0. The number of nitrogens with zero attached hydrogens (tertiary/aromatic N) is 1. The molecule has 0 radical (unpaired) electrons. The van der Waals surface area contributed by atoms with Crippen molar-refractivity contribution in [1.29, 1.82) is 0 Å². The van der Waals surface area contributed by atoms with Crippen LogP contribution in [0.4, 0.5) is 0 Å². The van der Waals surface area contributed by atoms with E-state index in [0.29, 0.717) is 11.1 Å². The molecule has 8 heteroatoms. The van der Waals surface area contributed by atoms with Crippen LogP contribution in [0.3, 0.4) is 0 Å². The number of hydrogen-bond acceptors (Lipinski definition) is 3. The molecule has 1 aromatic heterocycles. The van der Waals surface area contributed by atoms with Crippen molar-refractivity contribution >= 4 is 46.1 Å². The third-order valence-electron chi connectivity index (χ3n) is 4.59. The van der Waals surface area contributed by atoms with E-state index in [4.69, 9.17) is 0 Å². The average Bonchev–Trinajstić information content (AvgIpc) is 3.12. The third-order valence-corrected chi connectivity index (χ3v) is 7.15. The molecule has 0 amide bonds. The predicted octanol–water partition coefficient (Wildman–Crippen LogP) is 4.75. The Kier molecular flexibility index (Phi) is 7.06. The zero-order valence-electron chi connectivity index (χ0n) is 14.7. The minimum absolute atomic E-state index is 0. The van der Waals surface area contributed by atoms with Crippen LogP contribution in [0.1, 0.15) is 18.1 Å². The number of aromatic nitrogens is 1. The summed E-state index contributed by atoms with van der Waals surface area (Å²) in [6.07, 6.45) is 5.39. The van der Waals surface area contributed by atoms with Gasteiger partial charge in [0.05, 0.1) is 0 Å². The summed E-state index contributed by atoms with van der Waals surface area (Å²) < 4.78 is 35.2. The Hall–Kier alpha value is -1.30. The van der Waals surface area contributed by atoms with Gasteiger partial charge in [0.15, 0.2) is 0 Å². The van der Waals surface area contributed by atoms with Crippen LogP contribution in [0.15, 0.2) is 85.8 Å². The van der Waals surface area contributed by atoms with E-state index in [9.17, 15) is 13.0 Å². The van der Waals surface area contributed by atoms with Gasteiger partial charge in [0.2, 0.25) is 0 Å². The molecular weight excluding hydrogens is 496 g/mol. The van der Waals surface area contributed by atoms with Crippen molar-refractivity contribution in [2.24, 2.45) is 0 Å². The average molecular weight is 513 g/mol. The van der Waals surface area contributed by atoms with Gasteiger partial charge in [-0.2, -0.15) is 0 Å². The second-order valence-electron chi connectivity index (χ2n) is 6.13. The van der Waals surface area contributed by atoms with E-state index in [-0.39, 0.29) is 29.7 Å². The molecule has 0 atom stereocenters. The fourth-order valence-electron chi connectivity index (χ4n) is 3.46. The minimum Gasteiger partial charge on any atom is -0.147 e. The Morgan fingerprint density at radius 3 is 2.18 bits per heavy atom. The largest absolute Gasteiger partial charge is 0.147 e. The zero-order chi connectivity index (χ0) is 18.5. The molecular formula is C20H16Cl2NO3SZr. The van der Waals surface area contributed by atoms with Crippen LogP contribution in [-0.2, 0) is 34.8 Å². The molecule has 2 aliphatic carbocycles. The van der Waals surface area contributed by atoms with E-state index in [2.05, 4.69) is 4.98 Å². The summed E-state index contributed by atoms with van der Waals surface area (Å²) in [5, 5.41) is 0. The summed E-state index contributed by atoms with van der Waals surface area (Å²) in [4.78, 5) is 4.18. The second-order valence-corrected chi connectivity index (χ2v) is 8.72. The number of allylic oxidation sites excluding steroid dienone is 7. The van der Waals surface area contributed by atoms with Crippen molar-refractivity contribution in [2.75, 3.05) is 0 Å². The second kappa shape index (κ2) is 8.60. The minimum atomic E-state index is -4.34. The normalized spacial score (nSPS) is 15.8. The molecule has 1 aromatic carbocycles. The van der Waals surface area contributed by atoms with Crippen LogP contribution in [0.2, 0.25) is 0 Å². The molecule has 2 aliphatic rings. The van der Waals surface area contributed by atoms with Crippen molar-refractivity contribution in [3.05, 3.63) is 97.0 Å². The molecule has 0 saturated carbocycles. The SMILES string of the molecule is CC1=C(S(=O)(=O)O)C2=C(c3cccnc3)C=C(c3ccccc3)C2=[C]1[Zr].Cl.Cl. The molecule has 0 spiro atoms. The molecule has 28 heavy (non-hydrogen) atoms. The maximum absolute atomic E-state index is 12.2. The van der Waals surface area contributed by atoms with E-state index < -0.39 is 10.1 Å². The Morgan fingerprint density at radius 2 is 1.61 bits per heavy atom. The maximum atomic E-state index is 12.2. The Labute approximate surface area is 191 Å². The molecule has 0 fully saturated rings. The summed E-state index contributed by atoms with van der Waals surface area (Å²) in [6, 6.07) is 13.6. The smallest absolute Gasteiger partial charge is 0.147 e. The number of rotatable bonds is 3. The van der Waals surface area contributed by atoms with Crippen molar-refractivity contribution < 1.29 is 37.7 Å². The molecule has 0 aliphatic heterocycles. The van der Waals surface area contributed by atoms with Crippen molar-refractivity contribution in [3.8, 4) is 0 Å². The zero-order valence-corrected chi connectivity index (χ0v) is 19.6. The maximum Gasteiger partial charge on any atom is -0.147 e. The first-order valence-corrected chi connectivity index (χ1v) is 10.6. The summed E-state index contributed by atoms with van der Waals surface area (Å²) >= 11 is 1.11. The molecule has 4 nitrogen and oxygen atoms in total. The summed E-state index contributed by atoms with van der Waals surface area (Å²) in [7, 11) is -4.34. The fourth-order valence-corrected chi connectivity index (χ4v) is 5.59. The first-order chi connectivity index (χ1) is 12.4. The van der Waals surface area contributed by atoms with E-state index in [1.165, 1.54) is 0 Å². The quantitative estimate of drug-likeness (QED) is 0.603. The van der Waals surface area contributed by atoms with Gasteiger partial charge < -0.3 is 0 Å². The van der Waals surface area contributed by atoms with Gasteiger partial charge in [0, 0.05) is 0 Å². The number of hydrogen-bond donors (Lipinski definition) is 1. The standard InChI is InChI=1S/C20H14NO3S.2ClH.Zr/c1-13-10-18-16(14-6-3-2-4-7-14)11-17(15-8-5-9-21-12-15)19(18)20(13)25(22,23)24;;;/h2-9,11-12H,1H3,(H,22,23,24);2*1H;. The predicted molar refractivity (Wildman–Crippen MR) is 111 cm³/mol. The molecule has 143 valence electrons. The van der Waals surface area contributed by atoms with Gasteiger partial charge in [-0.15, -0.1) is 24.8 Å². The first kappa shape index (κ1) is 23.0. The topological polar surface area (TPSA) is 67.3 Å². The third kappa shape index (κ3) is 3.77. The van der Waals surface area contributed by atoms with Crippen molar-refractivity contribution in [1.82, 2.24) is 4.98 Å². The van der Waals surface area contributed by atoms with Crippen molar-refractivity contribution in [2.45, 2.75) is 6.92 Å². The van der Waals surface area contributed by atoms with Gasteiger partial charge in [-0.05, 0) is 0 Å². The molecule has 0 bridgehead atoms. The van der Waals surface area contributed by atoms with Gasteiger partial charge in [-0.3, -0.25) is 0 Å². The van der Waals surface area contributed by atoms with Crippen LogP contribution in [0, 0.1) is 0 Å². The van der Waals surface area contributed by atoms with Gasteiger partial charge >= 0.3 is 168 Å². The monoisotopic (exact) mass is 510 g/mol. The van der Waals surface area contributed by atoms with Gasteiger partial charge in [0.25, 0.3) is 0 Å². The summed E-state index contributed by atoms with van der Waals surface area (Å²) in [5.41, 5.74) is 5.70. The number of pyridine rings is 1. The van der Waals surface area contributed by atoms with Gasteiger partial charge in [0.1, 0.15) is 0 Å². The van der Waals surface area contributed by atoms with Gasteiger partial charge in [-0.25, -0.2) is 0 Å². The molecule has 0 unspecified atom stereocenters. The Morgan fingerprint density at radius 1 is 0.964 bits per heavy atom. The van der Waals surface area contributed by atoms with Crippen LogP contribution >= 0.6 is 24.8 Å². The summed E-state index contributed by atoms with van der Waals surface area (Å²) in [6.45, 7) is 1.76. The Bertz CT molecular complexity index is 1150. The molecule has 2 aromatic rings. The molecule has 1 N–H and O–H groups in total. The first-order valence-electron chi connectivity index (χ1n) is 7.97. The molecule has 1 heterocycles.